The van der Waals surface area contributed by atoms with Gasteiger partial charge in [-0.2, -0.15) is 0 Å². The van der Waals surface area contributed by atoms with Gasteiger partial charge in [0.25, 0.3) is 0 Å². The number of nitrogens with one attached hydrogen (secondary N) is 3. The summed E-state index contributed by atoms with van der Waals surface area (Å²) in [5.41, 5.74) is 8.04. The third-order valence-corrected chi connectivity index (χ3v) is 5.19. The van der Waals surface area contributed by atoms with Gasteiger partial charge in [-0.25, -0.2) is 0 Å². The molecule has 2 atom stereocenters. The van der Waals surface area contributed by atoms with Crippen molar-refractivity contribution in [3.63, 3.8) is 0 Å². The van der Waals surface area contributed by atoms with E-state index in [1.807, 2.05) is 30.3 Å². The second-order valence-electron chi connectivity index (χ2n) is 7.84. The molecule has 0 spiro atoms. The van der Waals surface area contributed by atoms with E-state index in [1.165, 1.54) is 6.92 Å². The molecule has 0 radical (unpaired) electrons. The second-order valence-corrected chi connectivity index (χ2v) is 7.84. The van der Waals surface area contributed by atoms with Crippen molar-refractivity contribution in [2.75, 3.05) is 18.9 Å². The Kier molecular flexibility index (Phi) is 11.1. The third kappa shape index (κ3) is 9.43. The number of carbonyl (C=O) groups excluding carboxylic acids is 3. The Hall–Kier alpha value is -3.23. The summed E-state index contributed by atoms with van der Waals surface area (Å²) < 4.78 is 4.97. The standard InChI is InChI=1S/C25H34N4O4/c1-18(30)33-17-20-11-13-21(14-12-20)28-24(31)22(10-6-7-15-26)29-25(32)23(27-2)16-19-8-4-3-5-9-19/h3-5,8-9,11-14,22-23,27H,6-7,10,15-17,26H2,1-2H3,(H,28,31)(H,29,32)/t22-,23-/m0/s1. The molecule has 8 nitrogen and oxygen atoms in total. The summed E-state index contributed by atoms with van der Waals surface area (Å²) in [6, 6.07) is 15.6. The van der Waals surface area contributed by atoms with Crippen LogP contribution in [0.2, 0.25) is 0 Å². The SMILES string of the molecule is CN[C@@H](Cc1ccccc1)C(=O)N[C@@H](CCCCN)C(=O)Nc1ccc(COC(C)=O)cc1. The third-order valence-electron chi connectivity index (χ3n) is 5.19. The van der Waals surface area contributed by atoms with Gasteiger partial charge in [-0.05, 0) is 62.5 Å². The lowest BCUT2D eigenvalue weighted by molar-refractivity contribution is -0.142. The maximum atomic E-state index is 13.0. The number of nitrogens with two attached hydrogens (primary N) is 1. The summed E-state index contributed by atoms with van der Waals surface area (Å²) in [5.74, 6) is -0.871. The number of anilines is 1. The molecule has 0 aromatic heterocycles. The first kappa shape index (κ1) is 26.0. The van der Waals surface area contributed by atoms with Gasteiger partial charge >= 0.3 is 5.97 Å². The van der Waals surface area contributed by atoms with Crippen molar-refractivity contribution in [1.29, 1.82) is 0 Å². The van der Waals surface area contributed by atoms with Gasteiger partial charge in [0, 0.05) is 12.6 Å². The van der Waals surface area contributed by atoms with Crippen molar-refractivity contribution >= 4 is 23.5 Å². The highest BCUT2D eigenvalue weighted by molar-refractivity contribution is 5.97. The molecule has 33 heavy (non-hydrogen) atoms. The van der Waals surface area contributed by atoms with Crippen LogP contribution in [0.3, 0.4) is 0 Å². The molecule has 0 bridgehead atoms. The predicted molar refractivity (Wildman–Crippen MR) is 128 cm³/mol. The Morgan fingerprint density at radius 3 is 2.21 bits per heavy atom. The lowest BCUT2D eigenvalue weighted by Gasteiger charge is -2.22. The number of hydrogen-bond donors (Lipinski definition) is 4. The first-order valence-corrected chi connectivity index (χ1v) is 11.2. The fraction of sp³-hybridized carbons (Fsp3) is 0.400. The molecular formula is C25H34N4O4. The first-order valence-electron chi connectivity index (χ1n) is 11.2. The molecule has 0 aliphatic heterocycles. The van der Waals surface area contributed by atoms with Crippen LogP contribution in [0, 0.1) is 0 Å². The minimum Gasteiger partial charge on any atom is -0.461 e. The largest absolute Gasteiger partial charge is 0.461 e. The maximum absolute atomic E-state index is 13.0. The molecule has 0 heterocycles. The zero-order valence-electron chi connectivity index (χ0n) is 19.3. The van der Waals surface area contributed by atoms with Crippen molar-refractivity contribution in [3.05, 3.63) is 65.7 Å². The second kappa shape index (κ2) is 14.0. The highest BCUT2D eigenvalue weighted by Gasteiger charge is 2.25. The lowest BCUT2D eigenvalue weighted by atomic mass is 10.0. The van der Waals surface area contributed by atoms with E-state index in [9.17, 15) is 14.4 Å². The smallest absolute Gasteiger partial charge is 0.302 e. The van der Waals surface area contributed by atoms with Crippen molar-refractivity contribution in [1.82, 2.24) is 10.6 Å². The average Bonchev–Trinajstić information content (AvgIpc) is 2.82. The normalized spacial score (nSPS) is 12.5. The molecule has 2 amide bonds. The number of benzene rings is 2. The first-order chi connectivity index (χ1) is 15.9. The number of esters is 1. The zero-order chi connectivity index (χ0) is 24.1. The van der Waals surface area contributed by atoms with Gasteiger partial charge in [-0.1, -0.05) is 42.5 Å². The van der Waals surface area contributed by atoms with E-state index in [-0.39, 0.29) is 24.4 Å². The van der Waals surface area contributed by atoms with Crippen molar-refractivity contribution in [3.8, 4) is 0 Å². The van der Waals surface area contributed by atoms with Crippen molar-refractivity contribution in [2.45, 2.75) is 51.3 Å². The van der Waals surface area contributed by atoms with Crippen LogP contribution in [0.5, 0.6) is 0 Å². The molecular weight excluding hydrogens is 420 g/mol. The van der Waals surface area contributed by atoms with Gasteiger partial charge in [0.15, 0.2) is 0 Å². The summed E-state index contributed by atoms with van der Waals surface area (Å²) in [6.07, 6.45) is 2.49. The van der Waals surface area contributed by atoms with E-state index in [4.69, 9.17) is 10.5 Å². The monoisotopic (exact) mass is 454 g/mol. The maximum Gasteiger partial charge on any atom is 0.302 e. The summed E-state index contributed by atoms with van der Waals surface area (Å²) in [7, 11) is 1.73. The highest BCUT2D eigenvalue weighted by atomic mass is 16.5. The summed E-state index contributed by atoms with van der Waals surface area (Å²) in [4.78, 5) is 36.8. The van der Waals surface area contributed by atoms with Gasteiger partial charge in [-0.3, -0.25) is 14.4 Å². The van der Waals surface area contributed by atoms with Crippen LogP contribution in [0.1, 0.15) is 37.3 Å². The fourth-order valence-electron chi connectivity index (χ4n) is 3.31. The number of amides is 2. The average molecular weight is 455 g/mol. The van der Waals surface area contributed by atoms with Crippen LogP contribution < -0.4 is 21.7 Å². The van der Waals surface area contributed by atoms with E-state index in [0.29, 0.717) is 25.1 Å². The number of hydrogen-bond acceptors (Lipinski definition) is 6. The minimum atomic E-state index is -0.684. The summed E-state index contributed by atoms with van der Waals surface area (Å²) in [5, 5.41) is 8.80. The van der Waals surface area contributed by atoms with E-state index < -0.39 is 12.1 Å². The molecule has 0 fully saturated rings. The molecule has 0 unspecified atom stereocenters. The van der Waals surface area contributed by atoms with Crippen LogP contribution in [0.4, 0.5) is 5.69 Å². The number of likely N-dealkylation sites (N-methyl/N-ethyl adjacent to an activating group) is 1. The molecule has 2 aromatic carbocycles. The topological polar surface area (TPSA) is 123 Å². The van der Waals surface area contributed by atoms with Crippen LogP contribution in [-0.2, 0) is 32.1 Å². The summed E-state index contributed by atoms with van der Waals surface area (Å²) >= 11 is 0. The van der Waals surface area contributed by atoms with Gasteiger partial charge < -0.3 is 26.4 Å². The van der Waals surface area contributed by atoms with E-state index in [2.05, 4.69) is 16.0 Å². The molecule has 0 saturated heterocycles. The van der Waals surface area contributed by atoms with Crippen molar-refractivity contribution in [2.24, 2.45) is 5.73 Å². The zero-order valence-corrected chi connectivity index (χ0v) is 19.3. The molecule has 178 valence electrons. The van der Waals surface area contributed by atoms with Crippen LogP contribution in [0.15, 0.2) is 54.6 Å². The van der Waals surface area contributed by atoms with Crippen LogP contribution in [-0.4, -0.2) is 43.5 Å². The number of carbonyl (C=O) groups is 3. The molecule has 0 saturated carbocycles. The molecule has 0 aliphatic carbocycles. The van der Waals surface area contributed by atoms with E-state index >= 15 is 0 Å². The Labute approximate surface area is 195 Å². The Morgan fingerprint density at radius 1 is 0.909 bits per heavy atom. The number of ether oxygens (including phenoxy) is 1. The van der Waals surface area contributed by atoms with Gasteiger partial charge in [0.2, 0.25) is 11.8 Å². The van der Waals surface area contributed by atoms with E-state index in [0.717, 1.165) is 24.0 Å². The van der Waals surface area contributed by atoms with Gasteiger partial charge in [0.1, 0.15) is 12.6 Å². The Morgan fingerprint density at radius 2 is 1.61 bits per heavy atom. The Bertz CT molecular complexity index is 887. The molecule has 5 N–H and O–H groups in total. The lowest BCUT2D eigenvalue weighted by Crippen LogP contribution is -2.51. The van der Waals surface area contributed by atoms with Crippen LogP contribution in [0.25, 0.3) is 0 Å². The van der Waals surface area contributed by atoms with Crippen molar-refractivity contribution < 1.29 is 19.1 Å². The van der Waals surface area contributed by atoms with Gasteiger partial charge in [-0.15, -0.1) is 0 Å². The molecule has 2 aromatic rings. The minimum absolute atomic E-state index is 0.175. The highest BCUT2D eigenvalue weighted by Crippen LogP contribution is 2.13. The Balaban J connectivity index is 2.01. The molecule has 0 aliphatic rings. The van der Waals surface area contributed by atoms with Crippen LogP contribution >= 0.6 is 0 Å². The number of rotatable bonds is 13. The predicted octanol–water partition coefficient (Wildman–Crippen LogP) is 2.13. The fourth-order valence-corrected chi connectivity index (χ4v) is 3.31. The molecule has 2 rings (SSSR count). The molecule has 8 heteroatoms. The summed E-state index contributed by atoms with van der Waals surface area (Å²) in [6.45, 7) is 2.06. The van der Waals surface area contributed by atoms with E-state index in [1.54, 1.807) is 31.3 Å². The number of unbranched alkanes of at least 4 members (excludes halogenated alkanes) is 1. The van der Waals surface area contributed by atoms with Gasteiger partial charge in [0.05, 0.1) is 6.04 Å². The quantitative estimate of drug-likeness (QED) is 0.272.